The molecular weight excluding hydrogens is 281 g/mol. The molecule has 108 valence electrons. The van der Waals surface area contributed by atoms with Gasteiger partial charge in [-0.2, -0.15) is 0 Å². The van der Waals surface area contributed by atoms with Crippen LogP contribution in [0, 0.1) is 17.5 Å². The van der Waals surface area contributed by atoms with Crippen LogP contribution in [0.3, 0.4) is 0 Å². The van der Waals surface area contributed by atoms with E-state index in [1.54, 1.807) is 18.2 Å². The second kappa shape index (κ2) is 5.91. The fraction of sp³-hybridized carbons (Fsp3) is 0.125. The van der Waals surface area contributed by atoms with E-state index < -0.39 is 40.1 Å². The van der Waals surface area contributed by atoms with E-state index in [9.17, 15) is 22.8 Å². The van der Waals surface area contributed by atoms with E-state index in [0.29, 0.717) is 6.07 Å². The van der Waals surface area contributed by atoms with Gasteiger partial charge < -0.3 is 0 Å². The van der Waals surface area contributed by atoms with E-state index in [1.165, 1.54) is 19.1 Å². The van der Waals surface area contributed by atoms with Crippen molar-refractivity contribution in [2.45, 2.75) is 13.3 Å². The first-order valence-corrected chi connectivity index (χ1v) is 6.27. The lowest BCUT2D eigenvalue weighted by molar-refractivity contribution is 0.0968. The van der Waals surface area contributed by atoms with Crippen molar-refractivity contribution >= 4 is 11.6 Å². The smallest absolute Gasteiger partial charge is 0.196 e. The molecule has 0 atom stereocenters. The summed E-state index contributed by atoms with van der Waals surface area (Å²) in [5, 5.41) is 0. The number of rotatable bonds is 4. The van der Waals surface area contributed by atoms with E-state index in [-0.39, 0.29) is 12.0 Å². The van der Waals surface area contributed by atoms with Crippen molar-refractivity contribution in [1.29, 1.82) is 0 Å². The minimum atomic E-state index is -1.76. The number of carbonyl (C=O) groups is 2. The molecule has 0 aliphatic heterocycles. The molecule has 0 heterocycles. The van der Waals surface area contributed by atoms with Crippen molar-refractivity contribution in [3.63, 3.8) is 0 Å². The normalized spacial score (nSPS) is 10.5. The highest BCUT2D eigenvalue weighted by Gasteiger charge is 2.27. The molecule has 0 aliphatic rings. The average Bonchev–Trinajstić information content (AvgIpc) is 2.51. The van der Waals surface area contributed by atoms with Gasteiger partial charge in [0.2, 0.25) is 0 Å². The first kappa shape index (κ1) is 15.0. The first-order chi connectivity index (χ1) is 9.97. The molecule has 0 bridgehead atoms. The highest BCUT2D eigenvalue weighted by Crippen LogP contribution is 2.24. The largest absolute Gasteiger partial charge is 0.294 e. The van der Waals surface area contributed by atoms with Crippen molar-refractivity contribution in [2.75, 3.05) is 0 Å². The van der Waals surface area contributed by atoms with Gasteiger partial charge >= 0.3 is 0 Å². The summed E-state index contributed by atoms with van der Waals surface area (Å²) < 4.78 is 40.7. The molecule has 21 heavy (non-hydrogen) atoms. The predicted octanol–water partition coefficient (Wildman–Crippen LogP) is 3.93. The Hall–Kier alpha value is -2.43. The molecule has 0 saturated carbocycles. The number of carbonyl (C=O) groups excluding carboxylic acids is 2. The highest BCUT2D eigenvalue weighted by atomic mass is 19.2. The van der Waals surface area contributed by atoms with E-state index in [1.807, 2.05) is 0 Å². The minimum Gasteiger partial charge on any atom is -0.294 e. The zero-order valence-corrected chi connectivity index (χ0v) is 11.1. The molecule has 5 heteroatoms. The summed E-state index contributed by atoms with van der Waals surface area (Å²) in [6.07, 6.45) is -0.0560. The van der Waals surface area contributed by atoms with Gasteiger partial charge in [-0.1, -0.05) is 37.3 Å². The second-order valence-electron chi connectivity index (χ2n) is 4.38. The Morgan fingerprint density at radius 2 is 1.62 bits per heavy atom. The van der Waals surface area contributed by atoms with Crippen LogP contribution in [0.1, 0.15) is 39.6 Å². The maximum Gasteiger partial charge on any atom is 0.196 e. The number of benzene rings is 2. The van der Waals surface area contributed by atoms with Gasteiger partial charge in [0, 0.05) is 17.5 Å². The lowest BCUT2D eigenvalue weighted by Gasteiger charge is -2.10. The van der Waals surface area contributed by atoms with Crippen LogP contribution in [-0.2, 0) is 0 Å². The maximum atomic E-state index is 14.0. The molecule has 0 N–H and O–H groups in total. The Kier molecular flexibility index (Phi) is 4.21. The third-order valence-electron chi connectivity index (χ3n) is 3.05. The predicted molar refractivity (Wildman–Crippen MR) is 70.8 cm³/mol. The Bertz CT molecular complexity index is 709. The van der Waals surface area contributed by atoms with Crippen LogP contribution >= 0.6 is 0 Å². The molecule has 2 aromatic rings. The summed E-state index contributed by atoms with van der Waals surface area (Å²) in [5.74, 6) is -6.38. The molecule has 0 saturated heterocycles. The molecule has 0 radical (unpaired) electrons. The SMILES string of the molecule is CCC(=O)c1cc(F)c(F)c(F)c1C(=O)c1ccccc1. The lowest BCUT2D eigenvalue weighted by Crippen LogP contribution is -2.15. The van der Waals surface area contributed by atoms with Gasteiger partial charge in [0.1, 0.15) is 0 Å². The molecule has 0 unspecified atom stereocenters. The van der Waals surface area contributed by atoms with Crippen molar-refractivity contribution in [3.8, 4) is 0 Å². The first-order valence-electron chi connectivity index (χ1n) is 6.27. The molecule has 2 aromatic carbocycles. The average molecular weight is 292 g/mol. The molecule has 2 nitrogen and oxygen atoms in total. The molecule has 0 aliphatic carbocycles. The van der Waals surface area contributed by atoms with Crippen LogP contribution in [-0.4, -0.2) is 11.6 Å². The van der Waals surface area contributed by atoms with Gasteiger partial charge in [-0.05, 0) is 6.07 Å². The Balaban J connectivity index is 2.69. The van der Waals surface area contributed by atoms with Crippen LogP contribution in [0.2, 0.25) is 0 Å². The number of ketones is 2. The molecule has 0 amide bonds. The lowest BCUT2D eigenvalue weighted by atomic mass is 9.94. The maximum absolute atomic E-state index is 14.0. The molecule has 0 spiro atoms. The van der Waals surface area contributed by atoms with Crippen LogP contribution in [0.4, 0.5) is 13.2 Å². The van der Waals surface area contributed by atoms with Gasteiger partial charge in [0.25, 0.3) is 0 Å². The third kappa shape index (κ3) is 2.72. The van der Waals surface area contributed by atoms with Gasteiger partial charge in [0.05, 0.1) is 5.56 Å². The highest BCUT2D eigenvalue weighted by molar-refractivity contribution is 6.15. The Labute approximate surface area is 119 Å². The zero-order chi connectivity index (χ0) is 15.6. The van der Waals surface area contributed by atoms with Crippen LogP contribution in [0.15, 0.2) is 36.4 Å². The van der Waals surface area contributed by atoms with E-state index in [4.69, 9.17) is 0 Å². The summed E-state index contributed by atoms with van der Waals surface area (Å²) >= 11 is 0. The van der Waals surface area contributed by atoms with E-state index in [2.05, 4.69) is 0 Å². The van der Waals surface area contributed by atoms with E-state index >= 15 is 0 Å². The third-order valence-corrected chi connectivity index (χ3v) is 3.05. The van der Waals surface area contributed by atoms with Crippen molar-refractivity contribution < 1.29 is 22.8 Å². The molecular formula is C16H11F3O2. The molecule has 2 rings (SSSR count). The van der Waals surface area contributed by atoms with Crippen LogP contribution in [0.25, 0.3) is 0 Å². The number of Topliss-reactive ketones (excluding diaryl/α,β-unsaturated/α-hetero) is 1. The number of hydrogen-bond donors (Lipinski definition) is 0. The van der Waals surface area contributed by atoms with Gasteiger partial charge in [-0.25, -0.2) is 13.2 Å². The Morgan fingerprint density at radius 3 is 2.19 bits per heavy atom. The monoisotopic (exact) mass is 292 g/mol. The van der Waals surface area contributed by atoms with Gasteiger partial charge in [-0.3, -0.25) is 9.59 Å². The second-order valence-corrected chi connectivity index (χ2v) is 4.38. The van der Waals surface area contributed by atoms with Crippen LogP contribution in [0.5, 0.6) is 0 Å². The summed E-state index contributed by atoms with van der Waals surface area (Å²) in [6.45, 7) is 1.48. The van der Waals surface area contributed by atoms with Crippen LogP contribution < -0.4 is 0 Å². The number of hydrogen-bond acceptors (Lipinski definition) is 2. The molecule has 0 aromatic heterocycles. The van der Waals surface area contributed by atoms with Crippen molar-refractivity contribution in [1.82, 2.24) is 0 Å². The quantitative estimate of drug-likeness (QED) is 0.632. The fourth-order valence-electron chi connectivity index (χ4n) is 1.96. The standard InChI is InChI=1S/C16H11F3O2/c1-2-12(20)10-8-11(17)14(18)15(19)13(10)16(21)9-6-4-3-5-7-9/h3-8H,2H2,1H3. The van der Waals surface area contributed by atoms with Crippen molar-refractivity contribution in [2.24, 2.45) is 0 Å². The van der Waals surface area contributed by atoms with Gasteiger partial charge in [-0.15, -0.1) is 0 Å². The fourth-order valence-corrected chi connectivity index (χ4v) is 1.96. The minimum absolute atomic E-state index is 0.0560. The zero-order valence-electron chi connectivity index (χ0n) is 11.1. The summed E-state index contributed by atoms with van der Waals surface area (Å²) in [5.41, 5.74) is -1.08. The molecule has 0 fully saturated rings. The summed E-state index contributed by atoms with van der Waals surface area (Å²) in [7, 11) is 0. The summed E-state index contributed by atoms with van der Waals surface area (Å²) in [4.78, 5) is 24.1. The van der Waals surface area contributed by atoms with Crippen molar-refractivity contribution in [3.05, 3.63) is 70.5 Å². The van der Waals surface area contributed by atoms with E-state index in [0.717, 1.165) is 0 Å². The topological polar surface area (TPSA) is 34.1 Å². The number of halogens is 3. The summed E-state index contributed by atoms with van der Waals surface area (Å²) in [6, 6.07) is 8.13. The Morgan fingerprint density at radius 1 is 1.00 bits per heavy atom. The van der Waals surface area contributed by atoms with Gasteiger partial charge in [0.15, 0.2) is 29.0 Å².